The number of benzene rings is 2. The van der Waals surface area contributed by atoms with E-state index in [4.69, 9.17) is 21.1 Å². The maximum Gasteiger partial charge on any atom is 0.257 e. The van der Waals surface area contributed by atoms with Crippen LogP contribution in [0.5, 0.6) is 11.5 Å². The van der Waals surface area contributed by atoms with Crippen molar-refractivity contribution < 1.29 is 23.5 Å². The maximum atomic E-state index is 13.1. The molecule has 5 nitrogen and oxygen atoms in total. The van der Waals surface area contributed by atoms with Gasteiger partial charge in [-0.3, -0.25) is 9.59 Å². The second-order valence-electron chi connectivity index (χ2n) is 5.47. The molecule has 0 unspecified atom stereocenters. The zero-order chi connectivity index (χ0) is 19.8. The highest BCUT2D eigenvalue weighted by molar-refractivity contribution is 6.34. The monoisotopic (exact) mass is 391 g/mol. The van der Waals surface area contributed by atoms with E-state index in [0.717, 1.165) is 6.07 Å². The van der Waals surface area contributed by atoms with Crippen LogP contribution in [-0.2, 0) is 4.79 Å². The zero-order valence-corrected chi connectivity index (χ0v) is 15.7. The highest BCUT2D eigenvalue weighted by Gasteiger charge is 2.10. The predicted octanol–water partition coefficient (Wildman–Crippen LogP) is 3.90. The average Bonchev–Trinajstić information content (AvgIpc) is 2.65. The van der Waals surface area contributed by atoms with Gasteiger partial charge in [-0.1, -0.05) is 23.7 Å². The van der Waals surface area contributed by atoms with Gasteiger partial charge in [-0.25, -0.2) is 4.39 Å². The number of ketones is 1. The first-order chi connectivity index (χ1) is 12.9. The lowest BCUT2D eigenvalue weighted by Crippen LogP contribution is -2.28. The Kier molecular flexibility index (Phi) is 7.37. The third kappa shape index (κ3) is 5.82. The van der Waals surface area contributed by atoms with Crippen LogP contribution in [0.3, 0.4) is 0 Å². The number of nitrogens with one attached hydrogen (secondary N) is 1. The van der Waals surface area contributed by atoms with Crippen molar-refractivity contribution in [3.05, 3.63) is 64.4 Å². The van der Waals surface area contributed by atoms with E-state index in [2.05, 4.69) is 5.32 Å². The van der Waals surface area contributed by atoms with Gasteiger partial charge in [-0.2, -0.15) is 0 Å². The van der Waals surface area contributed by atoms with Crippen LogP contribution in [0.2, 0.25) is 5.02 Å². The summed E-state index contributed by atoms with van der Waals surface area (Å²) in [6.07, 6.45) is 2.92. The first kappa shape index (κ1) is 20.5. The number of rotatable bonds is 8. The van der Waals surface area contributed by atoms with Gasteiger partial charge in [0.25, 0.3) is 5.91 Å². The number of carbonyl (C=O) groups is 2. The largest absolute Gasteiger partial charge is 0.493 e. The summed E-state index contributed by atoms with van der Waals surface area (Å²) in [6.45, 7) is 2.22. The molecular weight excluding hydrogens is 373 g/mol. The van der Waals surface area contributed by atoms with Crippen molar-refractivity contribution in [2.24, 2.45) is 0 Å². The van der Waals surface area contributed by atoms with Gasteiger partial charge in [0, 0.05) is 12.1 Å². The Balaban J connectivity index is 2.11. The second-order valence-corrected chi connectivity index (χ2v) is 5.88. The molecule has 2 aromatic carbocycles. The average molecular weight is 392 g/mol. The molecule has 0 fully saturated rings. The molecule has 0 aliphatic heterocycles. The summed E-state index contributed by atoms with van der Waals surface area (Å²) >= 11 is 5.89. The van der Waals surface area contributed by atoms with Crippen molar-refractivity contribution in [1.82, 2.24) is 5.32 Å². The number of carbonyl (C=O) groups excluding carboxylic acids is 2. The molecule has 7 heteroatoms. The van der Waals surface area contributed by atoms with E-state index >= 15 is 0 Å². The Bertz CT molecular complexity index is 867. The topological polar surface area (TPSA) is 64.6 Å². The van der Waals surface area contributed by atoms with Gasteiger partial charge in [0.15, 0.2) is 23.9 Å². The minimum absolute atomic E-state index is 0.0522. The third-order valence-corrected chi connectivity index (χ3v) is 3.86. The molecule has 2 aromatic rings. The van der Waals surface area contributed by atoms with Gasteiger partial charge in [0.05, 0.1) is 12.1 Å². The Morgan fingerprint density at radius 2 is 1.96 bits per heavy atom. The van der Waals surface area contributed by atoms with Crippen LogP contribution in [0.4, 0.5) is 4.39 Å². The summed E-state index contributed by atoms with van der Waals surface area (Å²) in [5, 5.41) is 2.69. The normalized spacial score (nSPS) is 10.7. The molecule has 0 saturated carbocycles. The quantitative estimate of drug-likeness (QED) is 0.547. The molecule has 0 heterocycles. The van der Waals surface area contributed by atoms with Crippen LogP contribution in [-0.4, -0.2) is 32.0 Å². The van der Waals surface area contributed by atoms with E-state index in [1.165, 1.54) is 25.3 Å². The standard InChI is InChI=1S/C20H19ClFNO4/c1-3-23-20(25)12-27-18-9-5-13(10-19(18)26-2)4-8-17(24)15-7-6-14(22)11-16(15)21/h4-11H,3,12H2,1-2H3,(H,23,25)/b8-4+. The van der Waals surface area contributed by atoms with Gasteiger partial charge in [-0.15, -0.1) is 0 Å². The smallest absolute Gasteiger partial charge is 0.257 e. The van der Waals surface area contributed by atoms with Gasteiger partial charge in [0.2, 0.25) is 0 Å². The number of hydrogen-bond acceptors (Lipinski definition) is 4. The number of ether oxygens (including phenoxy) is 2. The van der Waals surface area contributed by atoms with Crippen LogP contribution in [0.1, 0.15) is 22.8 Å². The first-order valence-electron chi connectivity index (χ1n) is 8.19. The number of allylic oxidation sites excluding steroid dienone is 1. The highest BCUT2D eigenvalue weighted by atomic mass is 35.5. The molecule has 0 radical (unpaired) electrons. The van der Waals surface area contributed by atoms with E-state index in [9.17, 15) is 14.0 Å². The number of methoxy groups -OCH3 is 1. The van der Waals surface area contributed by atoms with Crippen LogP contribution in [0, 0.1) is 5.82 Å². The minimum atomic E-state index is -0.506. The summed E-state index contributed by atoms with van der Waals surface area (Å²) in [6, 6.07) is 8.63. The highest BCUT2D eigenvalue weighted by Crippen LogP contribution is 2.28. The third-order valence-electron chi connectivity index (χ3n) is 3.54. The fourth-order valence-corrected chi connectivity index (χ4v) is 2.51. The van der Waals surface area contributed by atoms with Gasteiger partial charge in [0.1, 0.15) is 5.82 Å². The molecule has 0 atom stereocenters. The van der Waals surface area contributed by atoms with Gasteiger partial charge in [-0.05, 0) is 48.9 Å². The van der Waals surface area contributed by atoms with E-state index < -0.39 is 5.82 Å². The number of hydrogen-bond donors (Lipinski definition) is 1. The van der Waals surface area contributed by atoms with Crippen molar-refractivity contribution in [2.75, 3.05) is 20.3 Å². The number of amides is 1. The summed E-state index contributed by atoms with van der Waals surface area (Å²) in [5.74, 6) is -0.253. The SMILES string of the molecule is CCNC(=O)COc1ccc(/C=C/C(=O)c2ccc(F)cc2Cl)cc1OC. The second kappa shape index (κ2) is 9.73. The maximum absolute atomic E-state index is 13.1. The zero-order valence-electron chi connectivity index (χ0n) is 14.9. The molecule has 2 rings (SSSR count). The van der Waals surface area contributed by atoms with Crippen LogP contribution in [0.25, 0.3) is 6.08 Å². The summed E-state index contributed by atoms with van der Waals surface area (Å²) < 4.78 is 23.8. The fourth-order valence-electron chi connectivity index (χ4n) is 2.25. The molecule has 0 spiro atoms. The van der Waals surface area contributed by atoms with Crippen molar-refractivity contribution in [2.45, 2.75) is 6.92 Å². The predicted molar refractivity (Wildman–Crippen MR) is 102 cm³/mol. The lowest BCUT2D eigenvalue weighted by atomic mass is 10.1. The van der Waals surface area contributed by atoms with E-state index in [1.807, 2.05) is 6.92 Å². The number of halogens is 2. The first-order valence-corrected chi connectivity index (χ1v) is 8.57. The Morgan fingerprint density at radius 1 is 1.19 bits per heavy atom. The molecule has 0 aliphatic rings. The van der Waals surface area contributed by atoms with Crippen LogP contribution >= 0.6 is 11.6 Å². The summed E-state index contributed by atoms with van der Waals surface area (Å²) in [7, 11) is 1.48. The van der Waals surface area contributed by atoms with Crippen molar-refractivity contribution in [3.63, 3.8) is 0 Å². The fraction of sp³-hybridized carbons (Fsp3) is 0.200. The Labute approximate surface area is 161 Å². The van der Waals surface area contributed by atoms with E-state index in [0.29, 0.717) is 23.6 Å². The van der Waals surface area contributed by atoms with Crippen molar-refractivity contribution >= 4 is 29.4 Å². The van der Waals surface area contributed by atoms with Crippen molar-refractivity contribution in [3.8, 4) is 11.5 Å². The molecule has 0 saturated heterocycles. The lowest BCUT2D eigenvalue weighted by Gasteiger charge is -2.11. The molecule has 1 amide bonds. The van der Waals surface area contributed by atoms with E-state index in [-0.39, 0.29) is 28.9 Å². The molecule has 27 heavy (non-hydrogen) atoms. The number of likely N-dealkylation sites (N-methyl/N-ethyl adjacent to an activating group) is 1. The molecule has 0 bridgehead atoms. The minimum Gasteiger partial charge on any atom is -0.493 e. The van der Waals surface area contributed by atoms with Gasteiger partial charge < -0.3 is 14.8 Å². The van der Waals surface area contributed by atoms with Crippen molar-refractivity contribution in [1.29, 1.82) is 0 Å². The molecule has 0 aliphatic carbocycles. The van der Waals surface area contributed by atoms with Crippen LogP contribution < -0.4 is 14.8 Å². The Morgan fingerprint density at radius 3 is 2.63 bits per heavy atom. The molecule has 0 aromatic heterocycles. The lowest BCUT2D eigenvalue weighted by molar-refractivity contribution is -0.123. The van der Waals surface area contributed by atoms with Crippen LogP contribution in [0.15, 0.2) is 42.5 Å². The van der Waals surface area contributed by atoms with E-state index in [1.54, 1.807) is 24.3 Å². The molecule has 142 valence electrons. The van der Waals surface area contributed by atoms with Gasteiger partial charge >= 0.3 is 0 Å². The summed E-state index contributed by atoms with van der Waals surface area (Å²) in [4.78, 5) is 23.7. The summed E-state index contributed by atoms with van der Waals surface area (Å²) in [5.41, 5.74) is 0.895. The molecule has 1 N–H and O–H groups in total. The Hall–Kier alpha value is -2.86. The molecular formula is C20H19ClFNO4.